The van der Waals surface area contributed by atoms with Crippen molar-refractivity contribution in [2.45, 2.75) is 83.0 Å². The Morgan fingerprint density at radius 3 is 2.08 bits per heavy atom. The highest BCUT2D eigenvalue weighted by molar-refractivity contribution is 5.84. The van der Waals surface area contributed by atoms with E-state index >= 15 is 0 Å². The lowest BCUT2D eigenvalue weighted by atomic mass is 10.0. The lowest BCUT2D eigenvalue weighted by molar-refractivity contribution is -0.140. The third kappa shape index (κ3) is 14.1. The van der Waals surface area contributed by atoms with Crippen molar-refractivity contribution in [1.82, 2.24) is 15.6 Å². The van der Waals surface area contributed by atoms with Gasteiger partial charge in [-0.15, -0.1) is 0 Å². The Balaban J connectivity index is 0.000000242. The molecule has 8 N–H and O–H groups in total. The van der Waals surface area contributed by atoms with Gasteiger partial charge in [0, 0.05) is 29.9 Å². The molecule has 1 saturated heterocycles. The van der Waals surface area contributed by atoms with Crippen LogP contribution in [0.25, 0.3) is 10.9 Å². The number of esters is 1. The maximum atomic E-state index is 12.0. The van der Waals surface area contributed by atoms with Gasteiger partial charge in [-0.3, -0.25) is 9.59 Å². The molecule has 1 aliphatic heterocycles. The van der Waals surface area contributed by atoms with Crippen molar-refractivity contribution in [2.75, 3.05) is 6.54 Å². The smallest absolute Gasteiger partial charge is 0.408 e. The number of alkyl carbamates (subject to hydrolysis) is 1. The lowest BCUT2D eigenvalue weighted by Crippen LogP contribution is -2.44. The van der Waals surface area contributed by atoms with Gasteiger partial charge in [-0.25, -0.2) is 14.4 Å². The molecular weight excluding hydrogens is 684 g/mol. The number of nitrogens with two attached hydrogens (primary N) is 1. The molecule has 0 aliphatic carbocycles. The number of rotatable bonds is 11. The zero-order valence-electron chi connectivity index (χ0n) is 30.2. The number of carboxylic acid groups (broad SMARTS) is 3. The Bertz CT molecular complexity index is 1810. The first kappa shape index (κ1) is 41.7. The summed E-state index contributed by atoms with van der Waals surface area (Å²) in [6.45, 7) is 7.58. The maximum Gasteiger partial charge on any atom is 0.408 e. The first-order chi connectivity index (χ1) is 25.0. The second kappa shape index (κ2) is 19.8. The minimum absolute atomic E-state index is 0.0764. The van der Waals surface area contributed by atoms with Gasteiger partial charge in [-0.1, -0.05) is 60.7 Å². The maximum absolute atomic E-state index is 12.0. The van der Waals surface area contributed by atoms with Crippen molar-refractivity contribution in [3.8, 4) is 5.75 Å². The van der Waals surface area contributed by atoms with Gasteiger partial charge >= 0.3 is 30.0 Å². The minimum Gasteiger partial charge on any atom is -0.481 e. The van der Waals surface area contributed by atoms with Gasteiger partial charge in [0.05, 0.1) is 5.92 Å². The van der Waals surface area contributed by atoms with Crippen LogP contribution in [0, 0.1) is 0 Å². The number of carbonyl (C=O) groups is 5. The van der Waals surface area contributed by atoms with E-state index in [1.54, 1.807) is 52.0 Å². The van der Waals surface area contributed by atoms with Crippen molar-refractivity contribution in [1.29, 1.82) is 0 Å². The number of aromatic nitrogens is 1. The molecule has 5 rings (SSSR count). The van der Waals surface area contributed by atoms with Crippen LogP contribution in [-0.4, -0.2) is 80.5 Å². The number of amides is 1. The van der Waals surface area contributed by atoms with Crippen molar-refractivity contribution in [3.63, 3.8) is 0 Å². The van der Waals surface area contributed by atoms with E-state index in [-0.39, 0.29) is 18.4 Å². The largest absolute Gasteiger partial charge is 0.481 e. The number of aromatic amines is 1. The average molecular weight is 733 g/mol. The van der Waals surface area contributed by atoms with E-state index in [1.165, 1.54) is 0 Å². The van der Waals surface area contributed by atoms with E-state index in [2.05, 4.69) is 15.6 Å². The van der Waals surface area contributed by atoms with Crippen LogP contribution >= 0.6 is 0 Å². The van der Waals surface area contributed by atoms with Crippen molar-refractivity contribution >= 4 is 40.9 Å². The Kier molecular flexibility index (Phi) is 15.5. The van der Waals surface area contributed by atoms with E-state index < -0.39 is 47.6 Å². The van der Waals surface area contributed by atoms with E-state index in [9.17, 15) is 29.1 Å². The number of nitrogens with one attached hydrogen (secondary N) is 3. The SMILES string of the molecule is CC(C(=O)O)c1ccccc1.CC(C)(C)OC(=O)NC(Cc1ccc(OC(=O)[C@H]2CCCN2)cc1)C(=O)O.NC(Cc1c[nH]c2ccccc12)C(=O)O. The predicted octanol–water partition coefficient (Wildman–Crippen LogP) is 4.86. The van der Waals surface area contributed by atoms with E-state index in [0.29, 0.717) is 17.7 Å². The fourth-order valence-electron chi connectivity index (χ4n) is 5.16. The number of benzene rings is 3. The number of aliphatic carboxylic acids is 3. The summed E-state index contributed by atoms with van der Waals surface area (Å²) in [4.78, 5) is 59.4. The van der Waals surface area contributed by atoms with Crippen LogP contribution in [-0.2, 0) is 36.8 Å². The molecule has 1 aliphatic rings. The van der Waals surface area contributed by atoms with Crippen LogP contribution in [0.15, 0.2) is 85.1 Å². The summed E-state index contributed by atoms with van der Waals surface area (Å²) in [5, 5.41) is 33.1. The second-order valence-corrected chi connectivity index (χ2v) is 13.4. The van der Waals surface area contributed by atoms with Gasteiger partial charge in [0.15, 0.2) is 0 Å². The summed E-state index contributed by atoms with van der Waals surface area (Å²) in [5.74, 6) is -3.25. The first-order valence-electron chi connectivity index (χ1n) is 17.1. The van der Waals surface area contributed by atoms with Crippen molar-refractivity contribution in [3.05, 3.63) is 102 Å². The van der Waals surface area contributed by atoms with Gasteiger partial charge in [0.2, 0.25) is 0 Å². The summed E-state index contributed by atoms with van der Waals surface area (Å²) in [7, 11) is 0. The fourth-order valence-corrected chi connectivity index (χ4v) is 5.16. The van der Waals surface area contributed by atoms with Crippen LogP contribution in [0.3, 0.4) is 0 Å². The molecule has 0 radical (unpaired) electrons. The summed E-state index contributed by atoms with van der Waals surface area (Å²) in [5.41, 5.74) is 8.24. The van der Waals surface area contributed by atoms with Gasteiger partial charge in [-0.05, 0) is 82.0 Å². The molecule has 0 spiro atoms. The Hall–Kier alpha value is -5.73. The van der Waals surface area contributed by atoms with Crippen molar-refractivity contribution < 1.29 is 48.8 Å². The van der Waals surface area contributed by atoms with Gasteiger partial charge in [-0.2, -0.15) is 0 Å². The minimum atomic E-state index is -1.16. The molecule has 0 saturated carbocycles. The summed E-state index contributed by atoms with van der Waals surface area (Å²) in [6, 6.07) is 21.2. The highest BCUT2D eigenvalue weighted by Gasteiger charge is 2.26. The van der Waals surface area contributed by atoms with Gasteiger partial charge < -0.3 is 46.1 Å². The number of para-hydroxylation sites is 1. The van der Waals surface area contributed by atoms with E-state index in [4.69, 9.17) is 25.4 Å². The highest BCUT2D eigenvalue weighted by Crippen LogP contribution is 2.19. The molecule has 1 aromatic heterocycles. The summed E-state index contributed by atoms with van der Waals surface area (Å²) < 4.78 is 10.4. The molecule has 53 heavy (non-hydrogen) atoms. The van der Waals surface area contributed by atoms with E-state index in [0.717, 1.165) is 41.4 Å². The second-order valence-electron chi connectivity index (χ2n) is 13.4. The normalized spacial score (nSPS) is 15.3. The van der Waals surface area contributed by atoms with Crippen LogP contribution in [0.2, 0.25) is 0 Å². The molecule has 14 nitrogen and oxygen atoms in total. The molecule has 284 valence electrons. The number of H-pyrrole nitrogens is 1. The van der Waals surface area contributed by atoms with E-state index in [1.807, 2.05) is 60.8 Å². The molecule has 14 heteroatoms. The number of hydrogen-bond donors (Lipinski definition) is 7. The van der Waals surface area contributed by atoms with Crippen LogP contribution in [0.5, 0.6) is 5.75 Å². The molecular formula is C39H48N4O10. The van der Waals surface area contributed by atoms with Crippen LogP contribution in [0.1, 0.15) is 63.1 Å². The first-order valence-corrected chi connectivity index (χ1v) is 17.1. The molecule has 1 amide bonds. The number of carbonyl (C=O) groups excluding carboxylic acids is 2. The number of ether oxygens (including phenoxy) is 2. The van der Waals surface area contributed by atoms with Crippen LogP contribution < -0.4 is 21.1 Å². The third-order valence-electron chi connectivity index (χ3n) is 8.02. The third-order valence-corrected chi connectivity index (χ3v) is 8.02. The van der Waals surface area contributed by atoms with Gasteiger partial charge in [0.1, 0.15) is 29.5 Å². The lowest BCUT2D eigenvalue weighted by Gasteiger charge is -2.22. The standard InChI is InChI=1S/C19H26N2O6.C11H12N2O2.C9H10O2/c1-19(2,3)27-18(25)21-15(16(22)23)11-12-6-8-13(9-7-12)26-17(24)14-5-4-10-20-14;12-9(11(14)15)5-7-6-13-10-4-2-1-3-8(7)10;1-7(9(10)11)8-5-3-2-4-6-8/h6-9,14-15,20H,4-5,10-11H2,1-3H3,(H,21,25)(H,22,23);1-4,6,9,13H,5,12H2,(H,14,15);2-7H,1H3,(H,10,11)/t14-,15?;;/m1../s1. The molecule has 4 aromatic rings. The Morgan fingerprint density at radius 1 is 0.868 bits per heavy atom. The number of carboxylic acids is 3. The number of fused-ring (bicyclic) bond motifs is 1. The number of hydrogen-bond acceptors (Lipinski definition) is 9. The average Bonchev–Trinajstić information content (AvgIpc) is 3.80. The van der Waals surface area contributed by atoms with Gasteiger partial charge in [0.25, 0.3) is 0 Å². The van der Waals surface area contributed by atoms with Crippen molar-refractivity contribution in [2.24, 2.45) is 5.73 Å². The Morgan fingerprint density at radius 2 is 1.51 bits per heavy atom. The summed E-state index contributed by atoms with van der Waals surface area (Å²) >= 11 is 0. The van der Waals surface area contributed by atoms with Crippen LogP contribution in [0.4, 0.5) is 4.79 Å². The zero-order valence-corrected chi connectivity index (χ0v) is 30.2. The molecule has 2 heterocycles. The predicted molar refractivity (Wildman–Crippen MR) is 198 cm³/mol. The highest BCUT2D eigenvalue weighted by atomic mass is 16.6. The molecule has 4 atom stereocenters. The molecule has 3 unspecified atom stereocenters. The topological polar surface area (TPSA) is 230 Å². The quantitative estimate of drug-likeness (QED) is 0.0810. The Labute approximate surface area is 307 Å². The molecule has 0 bridgehead atoms. The zero-order chi connectivity index (χ0) is 39.1. The molecule has 1 fully saturated rings. The molecule has 3 aromatic carbocycles. The monoisotopic (exact) mass is 732 g/mol. The fraction of sp³-hybridized carbons (Fsp3) is 0.359. The summed E-state index contributed by atoms with van der Waals surface area (Å²) in [6.07, 6.45) is 3.15.